The Bertz CT molecular complexity index is 421. The molecule has 17 heavy (non-hydrogen) atoms. The van der Waals surface area contributed by atoms with Crippen LogP contribution in [0.5, 0.6) is 0 Å². The van der Waals surface area contributed by atoms with E-state index in [1.807, 2.05) is 12.1 Å². The SMILES string of the molecule is CC(C)(O)c1ccc([C@@H](C#N)CC2CC2)cn1. The van der Waals surface area contributed by atoms with E-state index >= 15 is 0 Å². The molecule has 0 aromatic carbocycles. The van der Waals surface area contributed by atoms with Crippen LogP contribution < -0.4 is 0 Å². The first-order valence-corrected chi connectivity index (χ1v) is 6.09. The van der Waals surface area contributed by atoms with Gasteiger partial charge in [-0.2, -0.15) is 5.26 Å². The van der Waals surface area contributed by atoms with Crippen LogP contribution >= 0.6 is 0 Å². The summed E-state index contributed by atoms with van der Waals surface area (Å²) in [6.07, 6.45) is 5.18. The summed E-state index contributed by atoms with van der Waals surface area (Å²) in [6.45, 7) is 3.42. The first-order chi connectivity index (χ1) is 8.00. The van der Waals surface area contributed by atoms with Gasteiger partial charge in [0.2, 0.25) is 0 Å². The van der Waals surface area contributed by atoms with Gasteiger partial charge in [-0.15, -0.1) is 0 Å². The van der Waals surface area contributed by atoms with Crippen molar-refractivity contribution >= 4 is 0 Å². The monoisotopic (exact) mass is 230 g/mol. The number of hydrogen-bond acceptors (Lipinski definition) is 3. The Labute approximate surface area is 102 Å². The molecule has 2 rings (SSSR count). The number of aliphatic hydroxyl groups is 1. The third-order valence-corrected chi connectivity index (χ3v) is 3.24. The van der Waals surface area contributed by atoms with Crippen LogP contribution in [0.4, 0.5) is 0 Å². The second-order valence-corrected chi connectivity index (χ2v) is 5.40. The van der Waals surface area contributed by atoms with E-state index in [-0.39, 0.29) is 5.92 Å². The van der Waals surface area contributed by atoms with E-state index in [2.05, 4.69) is 11.1 Å². The fourth-order valence-corrected chi connectivity index (χ4v) is 1.92. The van der Waals surface area contributed by atoms with Gasteiger partial charge >= 0.3 is 0 Å². The molecule has 0 saturated heterocycles. The lowest BCUT2D eigenvalue weighted by Crippen LogP contribution is -2.17. The van der Waals surface area contributed by atoms with Gasteiger partial charge in [-0.3, -0.25) is 4.98 Å². The lowest BCUT2D eigenvalue weighted by molar-refractivity contribution is 0.0738. The molecule has 0 unspecified atom stereocenters. The van der Waals surface area contributed by atoms with Gasteiger partial charge in [0.05, 0.1) is 17.7 Å². The van der Waals surface area contributed by atoms with Crippen LogP contribution in [0.25, 0.3) is 0 Å². The highest BCUT2D eigenvalue weighted by molar-refractivity contribution is 5.25. The van der Waals surface area contributed by atoms with E-state index < -0.39 is 5.60 Å². The summed E-state index contributed by atoms with van der Waals surface area (Å²) in [4.78, 5) is 4.25. The maximum absolute atomic E-state index is 9.80. The molecule has 3 heteroatoms. The number of rotatable bonds is 4. The van der Waals surface area contributed by atoms with E-state index in [1.165, 1.54) is 12.8 Å². The Balaban J connectivity index is 2.13. The van der Waals surface area contributed by atoms with Crippen LogP contribution in [0.1, 0.15) is 50.3 Å². The molecule has 0 radical (unpaired) electrons. The summed E-state index contributed by atoms with van der Waals surface area (Å²) in [7, 11) is 0. The maximum atomic E-state index is 9.80. The first-order valence-electron chi connectivity index (χ1n) is 6.09. The number of pyridine rings is 1. The normalized spacial score (nSPS) is 17.5. The summed E-state index contributed by atoms with van der Waals surface area (Å²) >= 11 is 0. The lowest BCUT2D eigenvalue weighted by Gasteiger charge is -2.17. The fourth-order valence-electron chi connectivity index (χ4n) is 1.92. The maximum Gasteiger partial charge on any atom is 0.101 e. The third kappa shape index (κ3) is 3.04. The molecule has 1 aromatic heterocycles. The van der Waals surface area contributed by atoms with Crippen molar-refractivity contribution < 1.29 is 5.11 Å². The predicted octanol–water partition coefficient (Wildman–Crippen LogP) is 2.72. The number of nitriles is 1. The molecule has 1 aliphatic rings. The van der Waals surface area contributed by atoms with E-state index in [0.717, 1.165) is 17.9 Å². The minimum absolute atomic E-state index is 0.0501. The average Bonchev–Trinajstić information content (AvgIpc) is 3.09. The van der Waals surface area contributed by atoms with E-state index in [0.29, 0.717) is 5.69 Å². The van der Waals surface area contributed by atoms with Gasteiger partial charge in [-0.25, -0.2) is 0 Å². The van der Waals surface area contributed by atoms with Crippen molar-refractivity contribution in [2.45, 2.75) is 44.6 Å². The summed E-state index contributed by atoms with van der Waals surface area (Å²) in [6, 6.07) is 6.07. The van der Waals surface area contributed by atoms with Gasteiger partial charge in [0.15, 0.2) is 0 Å². The van der Waals surface area contributed by atoms with Crippen molar-refractivity contribution in [1.82, 2.24) is 4.98 Å². The van der Waals surface area contributed by atoms with E-state index in [4.69, 9.17) is 5.26 Å². The Morgan fingerprint density at radius 2 is 2.24 bits per heavy atom. The second-order valence-electron chi connectivity index (χ2n) is 5.40. The molecular weight excluding hydrogens is 212 g/mol. The largest absolute Gasteiger partial charge is 0.384 e. The Morgan fingerprint density at radius 1 is 1.53 bits per heavy atom. The van der Waals surface area contributed by atoms with Crippen LogP contribution in [-0.2, 0) is 5.60 Å². The standard InChI is InChI=1S/C14H18N2O/c1-14(2,17)13-6-5-11(9-16-13)12(8-15)7-10-3-4-10/h5-6,9-10,12,17H,3-4,7H2,1-2H3/t12-/m1/s1. The van der Waals surface area contributed by atoms with Gasteiger partial charge in [0, 0.05) is 6.20 Å². The van der Waals surface area contributed by atoms with Crippen LogP contribution in [0.3, 0.4) is 0 Å². The third-order valence-electron chi connectivity index (χ3n) is 3.24. The quantitative estimate of drug-likeness (QED) is 0.865. The smallest absolute Gasteiger partial charge is 0.101 e. The van der Waals surface area contributed by atoms with Crippen molar-refractivity contribution in [2.75, 3.05) is 0 Å². The highest BCUT2D eigenvalue weighted by Crippen LogP contribution is 2.38. The molecule has 1 heterocycles. The Kier molecular flexibility index (Phi) is 3.17. The Hall–Kier alpha value is -1.40. The fraction of sp³-hybridized carbons (Fsp3) is 0.571. The lowest BCUT2D eigenvalue weighted by atomic mass is 9.95. The molecular formula is C14H18N2O. The zero-order valence-corrected chi connectivity index (χ0v) is 10.3. The summed E-state index contributed by atoms with van der Waals surface area (Å²) in [5, 5.41) is 19.0. The first kappa shape index (κ1) is 12.1. The van der Waals surface area contributed by atoms with Crippen molar-refractivity contribution in [3.05, 3.63) is 29.6 Å². The minimum atomic E-state index is -0.919. The van der Waals surface area contributed by atoms with E-state index in [1.54, 1.807) is 20.0 Å². The molecule has 0 amide bonds. The zero-order valence-electron chi connectivity index (χ0n) is 10.3. The van der Waals surface area contributed by atoms with Crippen molar-refractivity contribution in [3.63, 3.8) is 0 Å². The highest BCUT2D eigenvalue weighted by atomic mass is 16.3. The molecule has 90 valence electrons. The van der Waals surface area contributed by atoms with E-state index in [9.17, 15) is 5.11 Å². The van der Waals surface area contributed by atoms with Crippen molar-refractivity contribution in [2.24, 2.45) is 5.92 Å². The molecule has 1 atom stereocenters. The van der Waals surface area contributed by atoms with Crippen molar-refractivity contribution in [3.8, 4) is 6.07 Å². The van der Waals surface area contributed by atoms with Gasteiger partial charge in [-0.05, 0) is 37.8 Å². The number of aromatic nitrogens is 1. The average molecular weight is 230 g/mol. The minimum Gasteiger partial charge on any atom is -0.384 e. The molecule has 1 N–H and O–H groups in total. The molecule has 0 bridgehead atoms. The molecule has 1 fully saturated rings. The molecule has 0 spiro atoms. The molecule has 1 aromatic rings. The topological polar surface area (TPSA) is 56.9 Å². The van der Waals surface area contributed by atoms with Gasteiger partial charge in [-0.1, -0.05) is 18.9 Å². The summed E-state index contributed by atoms with van der Waals surface area (Å²) in [5.41, 5.74) is 0.689. The van der Waals surface area contributed by atoms with Gasteiger partial charge < -0.3 is 5.11 Å². The summed E-state index contributed by atoms with van der Waals surface area (Å²) in [5.74, 6) is 0.680. The predicted molar refractivity (Wildman–Crippen MR) is 65.2 cm³/mol. The zero-order chi connectivity index (χ0) is 12.5. The van der Waals surface area contributed by atoms with Crippen LogP contribution in [0.15, 0.2) is 18.3 Å². The van der Waals surface area contributed by atoms with Crippen molar-refractivity contribution in [1.29, 1.82) is 5.26 Å². The second kappa shape index (κ2) is 4.46. The van der Waals surface area contributed by atoms with Gasteiger partial charge in [0.1, 0.15) is 5.60 Å². The molecule has 0 aliphatic heterocycles. The number of hydrogen-bond donors (Lipinski definition) is 1. The number of nitrogens with zero attached hydrogens (tertiary/aromatic N) is 2. The highest BCUT2D eigenvalue weighted by Gasteiger charge is 2.26. The van der Waals surface area contributed by atoms with Crippen LogP contribution in [0.2, 0.25) is 0 Å². The molecule has 1 aliphatic carbocycles. The Morgan fingerprint density at radius 3 is 2.65 bits per heavy atom. The molecule has 1 saturated carbocycles. The summed E-state index contributed by atoms with van der Waals surface area (Å²) < 4.78 is 0. The van der Waals surface area contributed by atoms with Crippen LogP contribution in [0, 0.1) is 17.2 Å². The van der Waals surface area contributed by atoms with Gasteiger partial charge in [0.25, 0.3) is 0 Å². The molecule has 3 nitrogen and oxygen atoms in total. The van der Waals surface area contributed by atoms with Crippen LogP contribution in [-0.4, -0.2) is 10.1 Å².